The van der Waals surface area contributed by atoms with Gasteiger partial charge in [-0.2, -0.15) is 0 Å². The Labute approximate surface area is 227 Å². The van der Waals surface area contributed by atoms with Gasteiger partial charge >= 0.3 is 0 Å². The maximum Gasteiger partial charge on any atom is 0.255 e. The number of fused-ring (bicyclic) bond motifs is 1. The number of rotatable bonds is 7. The van der Waals surface area contributed by atoms with E-state index in [2.05, 4.69) is 33.0 Å². The van der Waals surface area contributed by atoms with Gasteiger partial charge in [0.15, 0.2) is 0 Å². The molecule has 0 spiro atoms. The predicted octanol–water partition coefficient (Wildman–Crippen LogP) is 8.28. The van der Waals surface area contributed by atoms with Gasteiger partial charge in [-0.15, -0.1) is 0 Å². The normalized spacial score (nSPS) is 12.8. The van der Waals surface area contributed by atoms with E-state index in [9.17, 15) is 4.79 Å². The highest BCUT2D eigenvalue weighted by Crippen LogP contribution is 2.37. The van der Waals surface area contributed by atoms with E-state index in [1.165, 1.54) is 6.07 Å². The van der Waals surface area contributed by atoms with Crippen LogP contribution in [0.1, 0.15) is 52.1 Å². The van der Waals surface area contributed by atoms with Crippen LogP contribution in [0.4, 0.5) is 0 Å². The minimum absolute atomic E-state index is 0.0269. The highest BCUT2D eigenvalue weighted by Gasteiger charge is 2.21. The molecule has 0 radical (unpaired) electrons. The van der Waals surface area contributed by atoms with Crippen molar-refractivity contribution in [3.8, 4) is 16.9 Å². The standard InChI is InChI=1S/C29H30Cl3N3O/c1-5-18(15-16-33-29(2,3)4)24-17-25-20(27(34-24)19-9-6-7-10-21(19)30)13-14-26(36)35(25)28-22(31)11-8-12-23(28)32/h6-14,17-18,33H,5,15-16H2,1-4H3. The first kappa shape index (κ1) is 26.7. The Morgan fingerprint density at radius 2 is 1.61 bits per heavy atom. The van der Waals surface area contributed by atoms with Gasteiger partial charge in [0, 0.05) is 39.2 Å². The smallest absolute Gasteiger partial charge is 0.255 e. The van der Waals surface area contributed by atoms with Crippen molar-refractivity contribution in [3.63, 3.8) is 0 Å². The third kappa shape index (κ3) is 5.63. The average molecular weight is 543 g/mol. The van der Waals surface area contributed by atoms with Gasteiger partial charge in [0.1, 0.15) is 0 Å². The van der Waals surface area contributed by atoms with Crippen LogP contribution in [0.5, 0.6) is 0 Å². The Morgan fingerprint density at radius 1 is 0.944 bits per heavy atom. The Balaban J connectivity index is 2.01. The first-order chi connectivity index (χ1) is 17.1. The van der Waals surface area contributed by atoms with Gasteiger partial charge in [-0.05, 0) is 70.5 Å². The van der Waals surface area contributed by atoms with Crippen molar-refractivity contribution in [1.82, 2.24) is 14.9 Å². The zero-order valence-corrected chi connectivity index (χ0v) is 23.2. The zero-order valence-electron chi connectivity index (χ0n) is 20.9. The molecule has 2 aromatic heterocycles. The van der Waals surface area contributed by atoms with Gasteiger partial charge in [0.05, 0.1) is 26.9 Å². The second-order valence-corrected chi connectivity index (χ2v) is 11.2. The van der Waals surface area contributed by atoms with Crippen LogP contribution in [0.25, 0.3) is 27.8 Å². The number of halogens is 3. The van der Waals surface area contributed by atoms with Crippen LogP contribution in [-0.4, -0.2) is 21.6 Å². The third-order valence-electron chi connectivity index (χ3n) is 6.26. The van der Waals surface area contributed by atoms with Crippen LogP contribution in [-0.2, 0) is 0 Å². The molecule has 0 bridgehead atoms. The Hall–Kier alpha value is -2.37. The van der Waals surface area contributed by atoms with Crippen LogP contribution >= 0.6 is 34.8 Å². The number of nitrogens with one attached hydrogen (secondary N) is 1. The molecule has 0 saturated carbocycles. The molecule has 1 unspecified atom stereocenters. The fourth-order valence-corrected chi connectivity index (χ4v) is 5.23. The Kier molecular flexibility index (Phi) is 8.11. The van der Waals surface area contributed by atoms with Crippen molar-refractivity contribution < 1.29 is 0 Å². The van der Waals surface area contributed by atoms with Gasteiger partial charge < -0.3 is 5.32 Å². The maximum absolute atomic E-state index is 13.3. The molecule has 0 saturated heterocycles. The van der Waals surface area contributed by atoms with Gasteiger partial charge in [-0.1, -0.05) is 66.0 Å². The highest BCUT2D eigenvalue weighted by molar-refractivity contribution is 6.38. The molecule has 188 valence electrons. The molecule has 0 aliphatic rings. The van der Waals surface area contributed by atoms with Gasteiger partial charge in [-0.25, -0.2) is 0 Å². The lowest BCUT2D eigenvalue weighted by molar-refractivity contribution is 0.406. The summed E-state index contributed by atoms with van der Waals surface area (Å²) in [6, 6.07) is 18.2. The van der Waals surface area contributed by atoms with E-state index in [0.29, 0.717) is 26.3 Å². The van der Waals surface area contributed by atoms with E-state index in [1.807, 2.05) is 30.3 Å². The average Bonchev–Trinajstić information content (AvgIpc) is 2.82. The fraction of sp³-hybridized carbons (Fsp3) is 0.310. The van der Waals surface area contributed by atoms with Crippen LogP contribution < -0.4 is 10.9 Å². The van der Waals surface area contributed by atoms with E-state index >= 15 is 0 Å². The predicted molar refractivity (Wildman–Crippen MR) is 153 cm³/mol. The number of nitrogens with zero attached hydrogens (tertiary/aromatic N) is 2. The molecule has 0 fully saturated rings. The SMILES string of the molecule is CCC(CCNC(C)(C)C)c1cc2c(ccc(=O)n2-c2c(Cl)cccc2Cl)c(-c2ccccc2Cl)n1. The van der Waals surface area contributed by atoms with Crippen LogP contribution in [0.2, 0.25) is 15.1 Å². The third-order valence-corrected chi connectivity index (χ3v) is 7.20. The van der Waals surface area contributed by atoms with E-state index < -0.39 is 0 Å². The van der Waals surface area contributed by atoms with E-state index in [-0.39, 0.29) is 17.0 Å². The minimum atomic E-state index is -0.220. The largest absolute Gasteiger partial charge is 0.312 e. The van der Waals surface area contributed by atoms with Gasteiger partial charge in [0.25, 0.3) is 5.56 Å². The summed E-state index contributed by atoms with van der Waals surface area (Å²) in [4.78, 5) is 18.4. The molecular formula is C29H30Cl3N3O. The van der Waals surface area contributed by atoms with Crippen LogP contribution in [0, 0.1) is 0 Å². The Bertz CT molecular complexity index is 1440. The van der Waals surface area contributed by atoms with Crippen molar-refractivity contribution in [3.05, 3.63) is 91.8 Å². The van der Waals surface area contributed by atoms with Crippen molar-refractivity contribution in [2.75, 3.05) is 6.54 Å². The fourth-order valence-electron chi connectivity index (χ4n) is 4.44. The first-order valence-corrected chi connectivity index (χ1v) is 13.2. The summed E-state index contributed by atoms with van der Waals surface area (Å²) in [5, 5.41) is 5.76. The van der Waals surface area contributed by atoms with Gasteiger partial charge in [-0.3, -0.25) is 14.3 Å². The van der Waals surface area contributed by atoms with Crippen LogP contribution in [0.15, 0.2) is 65.5 Å². The second-order valence-electron chi connectivity index (χ2n) is 9.96. The molecule has 1 N–H and O–H groups in total. The lowest BCUT2D eigenvalue weighted by Gasteiger charge is -2.24. The van der Waals surface area contributed by atoms with E-state index in [4.69, 9.17) is 39.8 Å². The van der Waals surface area contributed by atoms with Crippen molar-refractivity contribution in [1.29, 1.82) is 0 Å². The molecule has 7 heteroatoms. The molecule has 4 aromatic rings. The number of aromatic nitrogens is 2. The lowest BCUT2D eigenvalue weighted by Crippen LogP contribution is -2.36. The van der Waals surface area contributed by atoms with Crippen molar-refractivity contribution in [2.24, 2.45) is 0 Å². The van der Waals surface area contributed by atoms with Crippen molar-refractivity contribution >= 4 is 45.7 Å². The molecule has 36 heavy (non-hydrogen) atoms. The molecule has 0 aliphatic heterocycles. The lowest BCUT2D eigenvalue weighted by atomic mass is 9.95. The molecule has 2 aromatic carbocycles. The van der Waals surface area contributed by atoms with Crippen molar-refractivity contribution in [2.45, 2.75) is 52.0 Å². The first-order valence-electron chi connectivity index (χ1n) is 12.1. The molecule has 4 rings (SSSR count). The summed E-state index contributed by atoms with van der Waals surface area (Å²) in [6.07, 6.45) is 1.80. The summed E-state index contributed by atoms with van der Waals surface area (Å²) in [5.41, 5.74) is 3.40. The summed E-state index contributed by atoms with van der Waals surface area (Å²) in [6.45, 7) is 9.48. The monoisotopic (exact) mass is 541 g/mol. The number of hydrogen-bond donors (Lipinski definition) is 1. The molecular weight excluding hydrogens is 513 g/mol. The minimum Gasteiger partial charge on any atom is -0.312 e. The number of hydrogen-bond acceptors (Lipinski definition) is 3. The molecule has 0 aliphatic carbocycles. The second kappa shape index (κ2) is 10.9. The maximum atomic E-state index is 13.3. The molecule has 2 heterocycles. The number of pyridine rings is 2. The van der Waals surface area contributed by atoms with Crippen LogP contribution in [0.3, 0.4) is 0 Å². The molecule has 4 nitrogen and oxygen atoms in total. The Morgan fingerprint density at radius 3 is 2.25 bits per heavy atom. The highest BCUT2D eigenvalue weighted by atomic mass is 35.5. The topological polar surface area (TPSA) is 46.9 Å². The number of para-hydroxylation sites is 1. The van der Waals surface area contributed by atoms with Gasteiger partial charge in [0.2, 0.25) is 0 Å². The van der Waals surface area contributed by atoms with E-state index in [1.54, 1.807) is 28.8 Å². The summed E-state index contributed by atoms with van der Waals surface area (Å²) in [5.74, 6) is 0.177. The molecule has 1 atom stereocenters. The van der Waals surface area contributed by atoms with E-state index in [0.717, 1.165) is 41.7 Å². The zero-order chi connectivity index (χ0) is 26.0. The summed E-state index contributed by atoms with van der Waals surface area (Å²) < 4.78 is 1.59. The molecule has 0 amide bonds. The quantitative estimate of drug-likeness (QED) is 0.255. The number of benzene rings is 2. The summed E-state index contributed by atoms with van der Waals surface area (Å²) >= 11 is 19.8. The summed E-state index contributed by atoms with van der Waals surface area (Å²) in [7, 11) is 0.